The Bertz CT molecular complexity index is 1040. The fourth-order valence-electron chi connectivity index (χ4n) is 7.52. The Balaban J connectivity index is 2.33. The number of allylic oxidation sites excluding steroid dienone is 2. The van der Waals surface area contributed by atoms with Crippen LogP contribution in [0.3, 0.4) is 0 Å². The molecule has 0 aliphatic carbocycles. The van der Waals surface area contributed by atoms with Gasteiger partial charge in [-0.25, -0.2) is 4.79 Å². The maximum Gasteiger partial charge on any atom is 0.335 e. The van der Waals surface area contributed by atoms with Crippen molar-refractivity contribution >= 4 is 17.9 Å². The lowest BCUT2D eigenvalue weighted by molar-refractivity contribution is -0.298. The minimum Gasteiger partial charge on any atom is -0.479 e. The summed E-state index contributed by atoms with van der Waals surface area (Å²) in [6.45, 7) is 3.83. The number of hydrogen-bond donors (Lipinski definition) is 4. The van der Waals surface area contributed by atoms with Gasteiger partial charge in [0.15, 0.2) is 18.5 Å². The number of aliphatic hydroxyl groups excluding tert-OH is 3. The van der Waals surface area contributed by atoms with Crippen LogP contribution in [0.25, 0.3) is 0 Å². The standard InChI is InChI=1S/C48H88O11/c1-3-5-7-9-11-13-15-17-19-21-23-25-27-29-31-33-35-37-42(50)58-40(39-57-48-45(53)43(51)44(52)46(59-48)47(54)55)38-56-41(49)36-34-32-30-28-26-24-22-20-18-16-14-12-10-8-6-4-2/h20,22,40,43-46,48,51-53H,3-19,21,23-39H2,1-2H3,(H,54,55)/b22-20-. The zero-order valence-electron chi connectivity index (χ0n) is 37.5. The van der Waals surface area contributed by atoms with Crippen molar-refractivity contribution in [3.05, 3.63) is 12.2 Å². The van der Waals surface area contributed by atoms with Gasteiger partial charge in [-0.05, 0) is 38.5 Å². The average Bonchev–Trinajstić information content (AvgIpc) is 3.22. The molecule has 1 rings (SSSR count). The maximum absolute atomic E-state index is 12.8. The molecule has 1 aliphatic rings. The Hall–Kier alpha value is -2.05. The van der Waals surface area contributed by atoms with Crippen molar-refractivity contribution in [3.8, 4) is 0 Å². The minimum absolute atomic E-state index is 0.187. The van der Waals surface area contributed by atoms with Crippen LogP contribution in [0.1, 0.15) is 226 Å². The van der Waals surface area contributed by atoms with Crippen LogP contribution < -0.4 is 0 Å². The maximum atomic E-state index is 12.8. The number of aliphatic carboxylic acids is 1. The van der Waals surface area contributed by atoms with Crippen molar-refractivity contribution in [2.75, 3.05) is 13.2 Å². The number of rotatable bonds is 41. The van der Waals surface area contributed by atoms with Crippen LogP contribution in [-0.2, 0) is 33.3 Å². The van der Waals surface area contributed by atoms with Gasteiger partial charge < -0.3 is 39.4 Å². The fraction of sp³-hybridized carbons (Fsp3) is 0.896. The van der Waals surface area contributed by atoms with Crippen LogP contribution in [0.2, 0.25) is 0 Å². The molecule has 6 unspecified atom stereocenters. The molecule has 346 valence electrons. The van der Waals surface area contributed by atoms with Gasteiger partial charge in [-0.2, -0.15) is 0 Å². The summed E-state index contributed by atoms with van der Waals surface area (Å²) in [5, 5.41) is 39.9. The Labute approximate surface area is 358 Å². The van der Waals surface area contributed by atoms with E-state index in [9.17, 15) is 34.8 Å². The van der Waals surface area contributed by atoms with E-state index in [2.05, 4.69) is 26.0 Å². The van der Waals surface area contributed by atoms with Crippen molar-refractivity contribution < 1.29 is 53.8 Å². The third-order valence-corrected chi connectivity index (χ3v) is 11.4. The Morgan fingerprint density at radius 1 is 0.508 bits per heavy atom. The summed E-state index contributed by atoms with van der Waals surface area (Å²) in [6.07, 6.45) is 32.6. The Kier molecular flexibility index (Phi) is 36.2. The molecular weight excluding hydrogens is 753 g/mol. The Morgan fingerprint density at radius 3 is 1.32 bits per heavy atom. The molecule has 1 heterocycles. The van der Waals surface area contributed by atoms with Gasteiger partial charge in [-0.3, -0.25) is 9.59 Å². The van der Waals surface area contributed by atoms with E-state index in [4.69, 9.17) is 18.9 Å². The summed E-state index contributed by atoms with van der Waals surface area (Å²) < 4.78 is 21.8. The van der Waals surface area contributed by atoms with Crippen LogP contribution >= 0.6 is 0 Å². The zero-order valence-corrected chi connectivity index (χ0v) is 37.5. The van der Waals surface area contributed by atoms with Gasteiger partial charge in [0.1, 0.15) is 24.9 Å². The van der Waals surface area contributed by atoms with E-state index < -0.39 is 54.7 Å². The monoisotopic (exact) mass is 841 g/mol. The van der Waals surface area contributed by atoms with Crippen LogP contribution in [0.4, 0.5) is 0 Å². The highest BCUT2D eigenvalue weighted by molar-refractivity contribution is 5.73. The Morgan fingerprint density at radius 2 is 0.898 bits per heavy atom. The summed E-state index contributed by atoms with van der Waals surface area (Å²) in [5.41, 5.74) is 0. The highest BCUT2D eigenvalue weighted by atomic mass is 16.7. The first-order valence-electron chi connectivity index (χ1n) is 24.2. The summed E-state index contributed by atoms with van der Waals surface area (Å²) in [5.74, 6) is -2.44. The molecule has 0 bridgehead atoms. The fourth-order valence-corrected chi connectivity index (χ4v) is 7.52. The van der Waals surface area contributed by atoms with Crippen LogP contribution in [0.15, 0.2) is 12.2 Å². The first-order chi connectivity index (χ1) is 28.7. The average molecular weight is 841 g/mol. The molecule has 11 nitrogen and oxygen atoms in total. The first kappa shape index (κ1) is 55.0. The predicted molar refractivity (Wildman–Crippen MR) is 234 cm³/mol. The molecule has 1 aliphatic heterocycles. The van der Waals surface area contributed by atoms with Crippen molar-refractivity contribution in [3.63, 3.8) is 0 Å². The number of unbranched alkanes of at least 4 members (excludes halogenated alkanes) is 28. The lowest BCUT2D eigenvalue weighted by Gasteiger charge is -2.38. The summed E-state index contributed by atoms with van der Waals surface area (Å²) >= 11 is 0. The predicted octanol–water partition coefficient (Wildman–Crippen LogP) is 10.8. The summed E-state index contributed by atoms with van der Waals surface area (Å²) in [4.78, 5) is 36.9. The van der Waals surface area contributed by atoms with Gasteiger partial charge in [0.05, 0.1) is 6.61 Å². The van der Waals surface area contributed by atoms with E-state index in [1.807, 2.05) is 0 Å². The minimum atomic E-state index is -1.86. The van der Waals surface area contributed by atoms with Crippen molar-refractivity contribution in [1.29, 1.82) is 0 Å². The van der Waals surface area contributed by atoms with Crippen molar-refractivity contribution in [2.45, 2.75) is 263 Å². The van der Waals surface area contributed by atoms with Crippen LogP contribution in [0.5, 0.6) is 0 Å². The number of carbonyl (C=O) groups is 3. The topological polar surface area (TPSA) is 169 Å². The number of carboxylic acid groups (broad SMARTS) is 1. The van der Waals surface area contributed by atoms with Gasteiger partial charge in [-0.1, -0.05) is 187 Å². The van der Waals surface area contributed by atoms with Gasteiger partial charge in [0.2, 0.25) is 0 Å². The van der Waals surface area contributed by atoms with Crippen LogP contribution in [-0.4, -0.2) is 88.4 Å². The molecule has 6 atom stereocenters. The molecule has 11 heteroatoms. The van der Waals surface area contributed by atoms with E-state index in [1.165, 1.54) is 128 Å². The second-order valence-electron chi connectivity index (χ2n) is 17.0. The molecule has 0 saturated carbocycles. The second-order valence-corrected chi connectivity index (χ2v) is 17.0. The molecule has 1 saturated heterocycles. The third-order valence-electron chi connectivity index (χ3n) is 11.4. The molecule has 0 spiro atoms. The number of aliphatic hydroxyl groups is 3. The summed E-state index contributed by atoms with van der Waals surface area (Å²) in [7, 11) is 0. The van der Waals surface area contributed by atoms with Crippen molar-refractivity contribution in [1.82, 2.24) is 0 Å². The number of esters is 2. The first-order valence-corrected chi connectivity index (χ1v) is 24.2. The SMILES string of the molecule is CCCCCCCCC/C=C\CCCCCCCC(=O)OCC(COC1OC(C(=O)O)C(O)C(O)C1O)OC(=O)CCCCCCCCCCCCCCCCCCC. The van der Waals surface area contributed by atoms with E-state index in [1.54, 1.807) is 0 Å². The highest BCUT2D eigenvalue weighted by Gasteiger charge is 2.47. The number of hydrogen-bond acceptors (Lipinski definition) is 10. The lowest BCUT2D eigenvalue weighted by Crippen LogP contribution is -2.60. The van der Waals surface area contributed by atoms with Crippen LogP contribution in [0, 0.1) is 0 Å². The van der Waals surface area contributed by atoms with Gasteiger partial charge in [0.25, 0.3) is 0 Å². The molecule has 0 aromatic carbocycles. The number of carbonyl (C=O) groups excluding carboxylic acids is 2. The summed E-state index contributed by atoms with van der Waals surface area (Å²) in [6, 6.07) is 0. The number of ether oxygens (including phenoxy) is 4. The smallest absolute Gasteiger partial charge is 0.335 e. The van der Waals surface area contributed by atoms with E-state index >= 15 is 0 Å². The molecule has 1 fully saturated rings. The largest absolute Gasteiger partial charge is 0.479 e. The van der Waals surface area contributed by atoms with Gasteiger partial charge in [-0.15, -0.1) is 0 Å². The lowest BCUT2D eigenvalue weighted by atomic mass is 9.99. The highest BCUT2D eigenvalue weighted by Crippen LogP contribution is 2.23. The van der Waals surface area contributed by atoms with E-state index in [-0.39, 0.29) is 26.1 Å². The molecule has 0 aromatic heterocycles. The zero-order chi connectivity index (χ0) is 43.2. The molecule has 0 aromatic rings. The molecular formula is C48H88O11. The molecule has 59 heavy (non-hydrogen) atoms. The van der Waals surface area contributed by atoms with E-state index in [0.717, 1.165) is 57.8 Å². The van der Waals surface area contributed by atoms with E-state index in [0.29, 0.717) is 12.8 Å². The second kappa shape index (κ2) is 38.8. The molecule has 0 amide bonds. The normalized spacial score (nSPS) is 19.9. The quantitative estimate of drug-likeness (QED) is 0.0263. The molecule has 0 radical (unpaired) electrons. The van der Waals surface area contributed by atoms with Crippen molar-refractivity contribution in [2.24, 2.45) is 0 Å². The molecule has 4 N–H and O–H groups in total. The number of carboxylic acids is 1. The van der Waals surface area contributed by atoms with Gasteiger partial charge >= 0.3 is 17.9 Å². The third kappa shape index (κ3) is 30.6. The van der Waals surface area contributed by atoms with Gasteiger partial charge in [0, 0.05) is 12.8 Å².